The highest BCUT2D eigenvalue weighted by Crippen LogP contribution is 2.38. The van der Waals surface area contributed by atoms with Crippen molar-refractivity contribution in [3.63, 3.8) is 0 Å². The lowest BCUT2D eigenvalue weighted by molar-refractivity contribution is -0.118. The lowest BCUT2D eigenvalue weighted by atomic mass is 9.92. The van der Waals surface area contributed by atoms with Gasteiger partial charge in [0.05, 0.1) is 15.6 Å². The van der Waals surface area contributed by atoms with Crippen LogP contribution in [0, 0.1) is 6.92 Å². The fourth-order valence-electron chi connectivity index (χ4n) is 3.30. The Bertz CT molecular complexity index is 1020. The molecule has 0 aliphatic heterocycles. The minimum Gasteiger partial charge on any atom is -0.424 e. The summed E-state index contributed by atoms with van der Waals surface area (Å²) in [5, 5.41) is 1.43. The van der Waals surface area contributed by atoms with Gasteiger partial charge >= 0.3 is 6.01 Å². The summed E-state index contributed by atoms with van der Waals surface area (Å²) in [7, 11) is 1.83. The molecule has 0 fully saturated rings. The van der Waals surface area contributed by atoms with E-state index in [4.69, 9.17) is 39.5 Å². The van der Waals surface area contributed by atoms with E-state index in [9.17, 15) is 4.79 Å². The second kappa shape index (κ2) is 7.70. The number of rotatable bonds is 5. The number of carbonyl (C=O) groups is 1. The maximum Gasteiger partial charge on any atom is 0.302 e. The highest BCUT2D eigenvalue weighted by atomic mass is 35.5. The number of aromatic nitrogens is 2. The van der Waals surface area contributed by atoms with Crippen molar-refractivity contribution >= 4 is 51.6 Å². The van der Waals surface area contributed by atoms with E-state index in [-0.39, 0.29) is 11.7 Å². The first-order chi connectivity index (χ1) is 12.7. The molecule has 27 heavy (non-hydrogen) atoms. The Kier molecular flexibility index (Phi) is 5.71. The molecule has 7 heteroatoms. The second-order valence-corrected chi connectivity index (χ2v) is 7.75. The standard InChI is InChI=1S/C20H19Cl3N2O2/c1-5-13(11(3)26)14-6-7-15(22)17-18(14)25(4)20(24-17)27-19-10(2)8-12(21)9-16(19)23/h6-9,13H,5H2,1-4H3. The van der Waals surface area contributed by atoms with Gasteiger partial charge in [0.15, 0.2) is 5.75 Å². The van der Waals surface area contributed by atoms with Crippen molar-refractivity contribution in [2.45, 2.75) is 33.1 Å². The molecule has 1 aromatic heterocycles. The average molecular weight is 426 g/mol. The van der Waals surface area contributed by atoms with Crippen molar-refractivity contribution in [3.05, 3.63) is 50.5 Å². The van der Waals surface area contributed by atoms with Crippen molar-refractivity contribution < 1.29 is 9.53 Å². The number of nitrogens with zero attached hydrogens (tertiary/aromatic N) is 2. The van der Waals surface area contributed by atoms with Crippen molar-refractivity contribution in [1.29, 1.82) is 0 Å². The number of ether oxygens (including phenoxy) is 1. The van der Waals surface area contributed by atoms with Gasteiger partial charge in [-0.1, -0.05) is 47.8 Å². The molecule has 0 saturated heterocycles. The van der Waals surface area contributed by atoms with Gasteiger partial charge in [0.1, 0.15) is 11.3 Å². The molecule has 4 nitrogen and oxygen atoms in total. The Hall–Kier alpha value is -1.75. The first-order valence-corrected chi connectivity index (χ1v) is 9.66. The maximum absolute atomic E-state index is 12.1. The van der Waals surface area contributed by atoms with Crippen LogP contribution < -0.4 is 4.74 Å². The Morgan fingerprint density at radius 2 is 1.93 bits per heavy atom. The summed E-state index contributed by atoms with van der Waals surface area (Å²) in [5.74, 6) is 0.353. The predicted octanol–water partition coefficient (Wildman–Crippen LogP) is 6.72. The summed E-state index contributed by atoms with van der Waals surface area (Å²) < 4.78 is 7.81. The normalized spacial score (nSPS) is 12.4. The smallest absolute Gasteiger partial charge is 0.302 e. The second-order valence-electron chi connectivity index (χ2n) is 6.49. The van der Waals surface area contributed by atoms with E-state index in [1.807, 2.05) is 27.0 Å². The van der Waals surface area contributed by atoms with Crippen molar-refractivity contribution in [2.24, 2.45) is 7.05 Å². The molecule has 1 heterocycles. The van der Waals surface area contributed by atoms with E-state index in [2.05, 4.69) is 4.98 Å². The highest BCUT2D eigenvalue weighted by Gasteiger charge is 2.23. The van der Waals surface area contributed by atoms with Crippen LogP contribution in [0.15, 0.2) is 24.3 Å². The molecule has 0 bridgehead atoms. The van der Waals surface area contributed by atoms with Crippen LogP contribution in [-0.2, 0) is 11.8 Å². The van der Waals surface area contributed by atoms with E-state index in [0.29, 0.717) is 38.8 Å². The lowest BCUT2D eigenvalue weighted by Gasteiger charge is -2.15. The van der Waals surface area contributed by atoms with Gasteiger partial charge < -0.3 is 4.74 Å². The summed E-state index contributed by atoms with van der Waals surface area (Å²) in [4.78, 5) is 16.7. The zero-order chi connectivity index (χ0) is 19.9. The molecular formula is C20H19Cl3N2O2. The Morgan fingerprint density at radius 1 is 1.22 bits per heavy atom. The monoisotopic (exact) mass is 424 g/mol. The molecule has 3 aromatic rings. The molecule has 0 amide bonds. The lowest BCUT2D eigenvalue weighted by Crippen LogP contribution is -2.09. The van der Waals surface area contributed by atoms with Gasteiger partial charge in [-0.3, -0.25) is 9.36 Å². The van der Waals surface area contributed by atoms with Crippen LogP contribution in [-0.4, -0.2) is 15.3 Å². The molecule has 3 rings (SSSR count). The molecule has 1 unspecified atom stereocenters. The first kappa shape index (κ1) is 20.0. The molecule has 0 saturated carbocycles. The molecular weight excluding hydrogens is 407 g/mol. The number of Topliss-reactive ketones (excluding diaryl/α,β-unsaturated/α-hetero) is 1. The van der Waals surface area contributed by atoms with Gasteiger partial charge in [-0.15, -0.1) is 0 Å². The molecule has 0 radical (unpaired) electrons. The topological polar surface area (TPSA) is 44.1 Å². The molecule has 1 atom stereocenters. The van der Waals surface area contributed by atoms with Crippen LogP contribution in [0.25, 0.3) is 11.0 Å². The quantitative estimate of drug-likeness (QED) is 0.456. The number of ketones is 1. The number of fused-ring (bicyclic) bond motifs is 1. The van der Waals surface area contributed by atoms with Crippen molar-refractivity contribution in [3.8, 4) is 11.8 Å². The third kappa shape index (κ3) is 3.66. The van der Waals surface area contributed by atoms with Crippen LogP contribution in [0.2, 0.25) is 15.1 Å². The van der Waals surface area contributed by atoms with Crippen LogP contribution in [0.4, 0.5) is 0 Å². The van der Waals surface area contributed by atoms with Gasteiger partial charge in [0.2, 0.25) is 0 Å². The zero-order valence-corrected chi connectivity index (χ0v) is 17.7. The van der Waals surface area contributed by atoms with Crippen LogP contribution in [0.5, 0.6) is 11.8 Å². The van der Waals surface area contributed by atoms with E-state index in [0.717, 1.165) is 16.6 Å². The number of imidazole rings is 1. The summed E-state index contributed by atoms with van der Waals surface area (Å²) in [6.45, 7) is 5.44. The van der Waals surface area contributed by atoms with Gasteiger partial charge in [0.25, 0.3) is 0 Å². The van der Waals surface area contributed by atoms with E-state index in [1.165, 1.54) is 0 Å². The summed E-state index contributed by atoms with van der Waals surface area (Å²) in [6, 6.07) is 7.38. The fourth-order valence-corrected chi connectivity index (χ4v) is 4.13. The fraction of sp³-hybridized carbons (Fsp3) is 0.300. The van der Waals surface area contributed by atoms with E-state index < -0.39 is 0 Å². The molecule has 0 spiro atoms. The van der Waals surface area contributed by atoms with Gasteiger partial charge in [-0.05, 0) is 49.6 Å². The van der Waals surface area contributed by atoms with Crippen molar-refractivity contribution in [2.75, 3.05) is 0 Å². The number of carbonyl (C=O) groups excluding carboxylic acids is 1. The molecule has 0 N–H and O–H groups in total. The number of halogens is 3. The van der Waals surface area contributed by atoms with Gasteiger partial charge in [0, 0.05) is 18.0 Å². The SMILES string of the molecule is CCC(C(C)=O)c1ccc(Cl)c2nc(Oc3c(C)cc(Cl)cc3Cl)n(C)c12. The molecule has 0 aliphatic carbocycles. The number of aryl methyl sites for hydroxylation is 2. The third-order valence-electron chi connectivity index (χ3n) is 4.62. The Morgan fingerprint density at radius 3 is 2.52 bits per heavy atom. The molecule has 2 aromatic carbocycles. The van der Waals surface area contributed by atoms with E-state index >= 15 is 0 Å². The largest absolute Gasteiger partial charge is 0.424 e. The first-order valence-electron chi connectivity index (χ1n) is 8.53. The molecule has 0 aliphatic rings. The zero-order valence-electron chi connectivity index (χ0n) is 15.4. The predicted molar refractivity (Wildman–Crippen MR) is 111 cm³/mol. The van der Waals surface area contributed by atoms with Crippen molar-refractivity contribution in [1.82, 2.24) is 9.55 Å². The van der Waals surface area contributed by atoms with Crippen LogP contribution in [0.1, 0.15) is 37.3 Å². The summed E-state index contributed by atoms with van der Waals surface area (Å²) >= 11 is 18.7. The Labute approximate surface area is 173 Å². The summed E-state index contributed by atoms with van der Waals surface area (Å²) in [5.41, 5.74) is 3.05. The van der Waals surface area contributed by atoms with Crippen LogP contribution >= 0.6 is 34.8 Å². The van der Waals surface area contributed by atoms with Crippen LogP contribution in [0.3, 0.4) is 0 Å². The maximum atomic E-state index is 12.1. The Balaban J connectivity index is 2.18. The summed E-state index contributed by atoms with van der Waals surface area (Å²) in [6.07, 6.45) is 0.690. The minimum absolute atomic E-state index is 0.0985. The number of hydrogen-bond acceptors (Lipinski definition) is 3. The average Bonchev–Trinajstić information content (AvgIpc) is 2.91. The molecule has 142 valence electrons. The number of hydrogen-bond donors (Lipinski definition) is 0. The van der Waals surface area contributed by atoms with E-state index in [1.54, 1.807) is 29.7 Å². The highest BCUT2D eigenvalue weighted by molar-refractivity contribution is 6.36. The minimum atomic E-state index is -0.228. The number of benzene rings is 2. The van der Waals surface area contributed by atoms with Gasteiger partial charge in [-0.25, -0.2) is 0 Å². The third-order valence-corrected chi connectivity index (χ3v) is 5.43. The van der Waals surface area contributed by atoms with Gasteiger partial charge in [-0.2, -0.15) is 4.98 Å².